The second kappa shape index (κ2) is 11.0. The lowest BCUT2D eigenvalue weighted by Crippen LogP contribution is -2.50. The molecule has 0 bridgehead atoms. The van der Waals surface area contributed by atoms with E-state index in [9.17, 15) is 19.5 Å². The van der Waals surface area contributed by atoms with Crippen molar-refractivity contribution in [2.24, 2.45) is 5.92 Å². The number of benzene rings is 2. The monoisotopic (exact) mass is 482 g/mol. The van der Waals surface area contributed by atoms with Crippen molar-refractivity contribution in [2.75, 3.05) is 31.2 Å². The predicted octanol–water partition coefficient (Wildman–Crippen LogP) is 3.97. The first-order chi connectivity index (χ1) is 16.5. The zero-order valence-electron chi connectivity index (χ0n) is 19.2. The highest BCUT2D eigenvalue weighted by atomic mass is 32.2. The first kappa shape index (κ1) is 24.1. The average Bonchev–Trinajstić information content (AvgIpc) is 3.18. The number of amides is 2. The van der Waals surface area contributed by atoms with E-state index in [2.05, 4.69) is 29.6 Å². The molecule has 1 heterocycles. The molecule has 2 aliphatic rings. The number of rotatable bonds is 8. The van der Waals surface area contributed by atoms with Crippen LogP contribution in [0.2, 0.25) is 0 Å². The summed E-state index contributed by atoms with van der Waals surface area (Å²) in [5.74, 6) is 0.171. The van der Waals surface area contributed by atoms with Crippen molar-refractivity contribution in [3.63, 3.8) is 0 Å². The molecule has 2 aromatic carbocycles. The molecular formula is C26H30N2O5S. The van der Waals surface area contributed by atoms with Gasteiger partial charge in [-0.05, 0) is 34.6 Å². The molecule has 180 valence electrons. The summed E-state index contributed by atoms with van der Waals surface area (Å²) in [6.45, 7) is 3.07. The minimum Gasteiger partial charge on any atom is -0.480 e. The number of nitrogens with zero attached hydrogens (tertiary/aromatic N) is 1. The Morgan fingerprint density at radius 3 is 2.41 bits per heavy atom. The number of hydrogen-bond donors (Lipinski definition) is 2. The Labute approximate surface area is 203 Å². The number of carbonyl (C=O) groups excluding carboxylic acids is 2. The zero-order chi connectivity index (χ0) is 24.1. The van der Waals surface area contributed by atoms with Gasteiger partial charge in [0, 0.05) is 36.9 Å². The summed E-state index contributed by atoms with van der Waals surface area (Å²) in [4.78, 5) is 37.8. The number of carboxylic acids is 1. The maximum Gasteiger partial charge on any atom is 0.407 e. The van der Waals surface area contributed by atoms with Crippen molar-refractivity contribution in [1.29, 1.82) is 0 Å². The third-order valence-electron chi connectivity index (χ3n) is 6.52. The first-order valence-electron chi connectivity index (χ1n) is 11.6. The second-order valence-corrected chi connectivity index (χ2v) is 10.0. The molecule has 8 heteroatoms. The van der Waals surface area contributed by atoms with Crippen LogP contribution in [-0.4, -0.2) is 65.2 Å². The minimum atomic E-state index is -0.953. The molecule has 2 atom stereocenters. The Morgan fingerprint density at radius 2 is 1.76 bits per heavy atom. The number of hydrogen-bond acceptors (Lipinski definition) is 5. The van der Waals surface area contributed by atoms with Gasteiger partial charge in [0.05, 0.1) is 0 Å². The van der Waals surface area contributed by atoms with E-state index in [1.54, 1.807) is 11.8 Å². The van der Waals surface area contributed by atoms with E-state index in [0.717, 1.165) is 5.75 Å². The van der Waals surface area contributed by atoms with Crippen molar-refractivity contribution >= 4 is 29.7 Å². The van der Waals surface area contributed by atoms with Crippen LogP contribution < -0.4 is 5.32 Å². The van der Waals surface area contributed by atoms with Crippen molar-refractivity contribution in [3.05, 3.63) is 59.7 Å². The molecule has 0 spiro atoms. The van der Waals surface area contributed by atoms with Gasteiger partial charge in [0.15, 0.2) is 0 Å². The summed E-state index contributed by atoms with van der Waals surface area (Å²) in [6, 6.07) is 15.6. The number of thioether (sulfide) groups is 1. The average molecular weight is 483 g/mol. The van der Waals surface area contributed by atoms with Crippen LogP contribution in [0.25, 0.3) is 11.1 Å². The van der Waals surface area contributed by atoms with Crippen molar-refractivity contribution in [2.45, 2.75) is 31.7 Å². The molecule has 34 heavy (non-hydrogen) atoms. The van der Waals surface area contributed by atoms with E-state index >= 15 is 0 Å². The highest BCUT2D eigenvalue weighted by Gasteiger charge is 2.32. The molecule has 2 N–H and O–H groups in total. The van der Waals surface area contributed by atoms with E-state index in [0.29, 0.717) is 25.3 Å². The maximum absolute atomic E-state index is 12.5. The van der Waals surface area contributed by atoms with Crippen LogP contribution in [0.4, 0.5) is 4.79 Å². The molecule has 1 fully saturated rings. The predicted molar refractivity (Wildman–Crippen MR) is 132 cm³/mol. The maximum atomic E-state index is 12.5. The summed E-state index contributed by atoms with van der Waals surface area (Å²) in [7, 11) is 0. The minimum absolute atomic E-state index is 0.0121. The van der Waals surface area contributed by atoms with Gasteiger partial charge in [0.1, 0.15) is 12.6 Å². The van der Waals surface area contributed by atoms with Crippen LogP contribution >= 0.6 is 11.8 Å². The van der Waals surface area contributed by atoms with Gasteiger partial charge in [0.25, 0.3) is 0 Å². The number of carboxylic acid groups (broad SMARTS) is 1. The third-order valence-corrected chi connectivity index (χ3v) is 7.55. The summed E-state index contributed by atoms with van der Waals surface area (Å²) in [5.41, 5.74) is 4.70. The Morgan fingerprint density at radius 1 is 1.12 bits per heavy atom. The smallest absolute Gasteiger partial charge is 0.407 e. The molecule has 1 saturated heterocycles. The van der Waals surface area contributed by atoms with Crippen LogP contribution in [-0.2, 0) is 14.3 Å². The molecular weight excluding hydrogens is 452 g/mol. The van der Waals surface area contributed by atoms with Gasteiger partial charge in [-0.15, -0.1) is 0 Å². The Bertz CT molecular complexity index is 1010. The molecule has 2 aromatic rings. The summed E-state index contributed by atoms with van der Waals surface area (Å²) in [6.07, 6.45) is 0.361. The molecule has 2 amide bonds. The number of carbonyl (C=O) groups is 3. The van der Waals surface area contributed by atoms with Crippen molar-refractivity contribution in [3.8, 4) is 11.1 Å². The molecule has 0 saturated carbocycles. The van der Waals surface area contributed by atoms with Crippen molar-refractivity contribution in [1.82, 2.24) is 10.2 Å². The molecule has 1 aliphatic heterocycles. The normalized spacial score (nSPS) is 18.0. The van der Waals surface area contributed by atoms with E-state index in [-0.39, 0.29) is 30.8 Å². The SMILES string of the molecule is CC(CCC(=O)N1CCSCC1C(=O)O)CNC(=O)OCC1c2ccccc2-c2ccccc21. The summed E-state index contributed by atoms with van der Waals surface area (Å²) >= 11 is 1.56. The molecule has 0 radical (unpaired) electrons. The first-order valence-corrected chi connectivity index (χ1v) is 12.8. The Hall–Kier alpha value is -3.00. The zero-order valence-corrected chi connectivity index (χ0v) is 20.1. The van der Waals surface area contributed by atoms with Crippen LogP contribution in [0.5, 0.6) is 0 Å². The highest BCUT2D eigenvalue weighted by Crippen LogP contribution is 2.44. The van der Waals surface area contributed by atoms with Crippen LogP contribution in [0, 0.1) is 5.92 Å². The summed E-state index contributed by atoms with van der Waals surface area (Å²) in [5, 5.41) is 12.2. The van der Waals surface area contributed by atoms with Crippen LogP contribution in [0.15, 0.2) is 48.5 Å². The Kier molecular flexibility index (Phi) is 7.77. The number of fused-ring (bicyclic) bond motifs is 3. The second-order valence-electron chi connectivity index (χ2n) is 8.87. The molecule has 7 nitrogen and oxygen atoms in total. The van der Waals surface area contributed by atoms with E-state index in [1.807, 2.05) is 31.2 Å². The van der Waals surface area contributed by atoms with Gasteiger partial charge in [-0.1, -0.05) is 55.5 Å². The lowest BCUT2D eigenvalue weighted by atomic mass is 9.98. The Balaban J connectivity index is 1.22. The number of ether oxygens (including phenoxy) is 1. The topological polar surface area (TPSA) is 95.9 Å². The fraction of sp³-hybridized carbons (Fsp3) is 0.423. The highest BCUT2D eigenvalue weighted by molar-refractivity contribution is 7.99. The lowest BCUT2D eigenvalue weighted by Gasteiger charge is -2.32. The van der Waals surface area contributed by atoms with Crippen molar-refractivity contribution < 1.29 is 24.2 Å². The van der Waals surface area contributed by atoms with E-state index < -0.39 is 18.1 Å². The lowest BCUT2D eigenvalue weighted by molar-refractivity contribution is -0.149. The molecule has 4 rings (SSSR count). The number of nitrogens with one attached hydrogen (secondary N) is 1. The van der Waals surface area contributed by atoms with Gasteiger partial charge in [0.2, 0.25) is 5.91 Å². The standard InChI is InChI=1S/C26H30N2O5S/c1-17(10-11-24(29)28-12-13-34-16-23(28)25(30)31)14-27-26(32)33-15-22-20-8-4-2-6-18(20)19-7-3-5-9-21(19)22/h2-9,17,22-23H,10-16H2,1H3,(H,27,32)(H,30,31). The fourth-order valence-corrected chi connectivity index (χ4v) is 5.67. The quantitative estimate of drug-likeness (QED) is 0.591. The van der Waals surface area contributed by atoms with E-state index in [4.69, 9.17) is 4.74 Å². The van der Waals surface area contributed by atoms with Gasteiger partial charge in [-0.2, -0.15) is 11.8 Å². The van der Waals surface area contributed by atoms with Gasteiger partial charge < -0.3 is 20.1 Å². The van der Waals surface area contributed by atoms with Gasteiger partial charge in [-0.3, -0.25) is 4.79 Å². The number of alkyl carbamates (subject to hydrolysis) is 1. The molecule has 2 unspecified atom stereocenters. The molecule has 1 aliphatic carbocycles. The third kappa shape index (κ3) is 5.38. The summed E-state index contributed by atoms with van der Waals surface area (Å²) < 4.78 is 5.56. The van der Waals surface area contributed by atoms with Gasteiger partial charge >= 0.3 is 12.1 Å². The van der Waals surface area contributed by atoms with E-state index in [1.165, 1.54) is 27.2 Å². The van der Waals surface area contributed by atoms with Crippen LogP contribution in [0.3, 0.4) is 0 Å². The number of aliphatic carboxylic acids is 1. The van der Waals surface area contributed by atoms with Gasteiger partial charge in [-0.25, -0.2) is 9.59 Å². The van der Waals surface area contributed by atoms with Crippen LogP contribution in [0.1, 0.15) is 36.8 Å². The fourth-order valence-electron chi connectivity index (χ4n) is 4.63. The molecule has 0 aromatic heterocycles. The largest absolute Gasteiger partial charge is 0.480 e.